The standard InChI is InChI=1S/C37H48N4O4/c1-24(2)34-39-33(40-45-34)29-12-19-38-32(22-29)41(35(43)28-8-6-27(7-9-28)21-26(4)42)23-36-13-16-37(17-14-36,18-15-36)30-10-11-31(44-5)25(3)20-30/h10-12,19-20,22,24,27-28H,6-9,13-18,21,23H2,1-5H3. The van der Waals surface area contributed by atoms with Crippen LogP contribution in [0.1, 0.15) is 114 Å². The Morgan fingerprint density at radius 2 is 1.73 bits per heavy atom. The van der Waals surface area contributed by atoms with Crippen LogP contribution in [-0.4, -0.2) is 40.5 Å². The molecular weight excluding hydrogens is 564 g/mol. The van der Waals surface area contributed by atoms with Crippen LogP contribution >= 0.6 is 0 Å². The Kier molecular flexibility index (Phi) is 8.86. The first-order valence-electron chi connectivity index (χ1n) is 16.9. The van der Waals surface area contributed by atoms with Gasteiger partial charge in [-0.05, 0) is 124 Å². The highest BCUT2D eigenvalue weighted by Crippen LogP contribution is 2.58. The summed E-state index contributed by atoms with van der Waals surface area (Å²) in [5.41, 5.74) is 3.69. The monoisotopic (exact) mass is 612 g/mol. The van der Waals surface area contributed by atoms with Gasteiger partial charge in [0.05, 0.1) is 7.11 Å². The third kappa shape index (κ3) is 6.43. The molecule has 7 rings (SSSR count). The van der Waals surface area contributed by atoms with E-state index in [0.29, 0.717) is 36.4 Å². The molecule has 0 saturated heterocycles. The zero-order valence-electron chi connectivity index (χ0n) is 27.6. The Morgan fingerprint density at radius 3 is 2.33 bits per heavy atom. The number of ketones is 1. The van der Waals surface area contributed by atoms with Gasteiger partial charge in [-0.25, -0.2) is 4.98 Å². The number of rotatable bonds is 10. The Balaban J connectivity index is 1.25. The number of ether oxygens (including phenoxy) is 1. The summed E-state index contributed by atoms with van der Waals surface area (Å²) in [7, 11) is 1.73. The molecule has 8 heteroatoms. The van der Waals surface area contributed by atoms with Crippen molar-refractivity contribution in [2.75, 3.05) is 18.6 Å². The van der Waals surface area contributed by atoms with Crippen molar-refractivity contribution >= 4 is 17.5 Å². The van der Waals surface area contributed by atoms with Crippen LogP contribution < -0.4 is 9.64 Å². The lowest BCUT2D eigenvalue weighted by molar-refractivity contribution is -0.124. The summed E-state index contributed by atoms with van der Waals surface area (Å²) in [6.45, 7) is 8.53. The molecule has 3 aromatic rings. The van der Waals surface area contributed by atoms with Crippen LogP contribution in [0.15, 0.2) is 41.1 Å². The van der Waals surface area contributed by atoms with Gasteiger partial charge in [0.2, 0.25) is 17.6 Å². The molecule has 2 aromatic heterocycles. The van der Waals surface area contributed by atoms with Crippen LogP contribution in [0.4, 0.5) is 5.82 Å². The van der Waals surface area contributed by atoms with Crippen molar-refractivity contribution < 1.29 is 18.8 Å². The van der Waals surface area contributed by atoms with E-state index in [0.717, 1.165) is 75.5 Å². The lowest BCUT2D eigenvalue weighted by Crippen LogP contribution is -2.52. The summed E-state index contributed by atoms with van der Waals surface area (Å²) in [5, 5.41) is 4.23. The molecule has 4 aliphatic rings. The fourth-order valence-corrected chi connectivity index (χ4v) is 8.28. The van der Waals surface area contributed by atoms with E-state index in [1.165, 1.54) is 11.1 Å². The van der Waals surface area contributed by atoms with Gasteiger partial charge >= 0.3 is 0 Å². The van der Waals surface area contributed by atoms with Crippen LogP contribution in [0.3, 0.4) is 0 Å². The minimum atomic E-state index is -0.0543. The van der Waals surface area contributed by atoms with Crippen LogP contribution in [0.25, 0.3) is 11.4 Å². The average molecular weight is 613 g/mol. The van der Waals surface area contributed by atoms with Gasteiger partial charge in [0.1, 0.15) is 17.4 Å². The molecule has 8 nitrogen and oxygen atoms in total. The number of nitrogens with zero attached hydrogens (tertiary/aromatic N) is 4. The third-order valence-electron chi connectivity index (χ3n) is 11.2. The highest BCUT2D eigenvalue weighted by Gasteiger charge is 2.51. The van der Waals surface area contributed by atoms with Crippen LogP contribution in [-0.2, 0) is 15.0 Å². The second-order valence-electron chi connectivity index (χ2n) is 14.5. The normalized spacial score (nSPS) is 26.2. The molecule has 0 aliphatic heterocycles. The fourth-order valence-electron chi connectivity index (χ4n) is 8.28. The van der Waals surface area contributed by atoms with Gasteiger partial charge in [-0.1, -0.05) is 31.1 Å². The number of hydrogen-bond acceptors (Lipinski definition) is 7. The second kappa shape index (κ2) is 12.7. The maximum absolute atomic E-state index is 14.5. The molecule has 240 valence electrons. The van der Waals surface area contributed by atoms with E-state index in [4.69, 9.17) is 14.2 Å². The Hall–Kier alpha value is -3.55. The number of benzene rings is 1. The predicted molar refractivity (Wildman–Crippen MR) is 174 cm³/mol. The van der Waals surface area contributed by atoms with Gasteiger partial charge in [-0.3, -0.25) is 9.69 Å². The molecule has 0 unspecified atom stereocenters. The molecule has 2 bridgehead atoms. The number of methoxy groups -OCH3 is 1. The molecule has 45 heavy (non-hydrogen) atoms. The number of carbonyl (C=O) groups excluding carboxylic acids is 2. The van der Waals surface area contributed by atoms with Crippen molar-refractivity contribution in [3.05, 3.63) is 53.5 Å². The van der Waals surface area contributed by atoms with Crippen molar-refractivity contribution in [3.63, 3.8) is 0 Å². The van der Waals surface area contributed by atoms with Gasteiger partial charge in [-0.15, -0.1) is 0 Å². The predicted octanol–water partition coefficient (Wildman–Crippen LogP) is 7.98. The zero-order valence-corrected chi connectivity index (χ0v) is 27.6. The first-order valence-corrected chi connectivity index (χ1v) is 16.9. The number of fused-ring (bicyclic) bond motifs is 3. The SMILES string of the molecule is COc1ccc(C23CCC(CN(C(=O)C4CCC(CC(C)=O)CC4)c4cc(-c5noc(C(C)C)n5)ccn4)(CC2)CC3)cc1C. The minimum Gasteiger partial charge on any atom is -0.496 e. The van der Waals surface area contributed by atoms with Crippen LogP contribution in [0, 0.1) is 24.2 Å². The van der Waals surface area contributed by atoms with Gasteiger partial charge in [0.25, 0.3) is 0 Å². The summed E-state index contributed by atoms with van der Waals surface area (Å²) in [6, 6.07) is 10.6. The van der Waals surface area contributed by atoms with E-state index in [-0.39, 0.29) is 34.4 Å². The summed E-state index contributed by atoms with van der Waals surface area (Å²) in [4.78, 5) is 37.6. The number of aromatic nitrogens is 3. The number of carbonyl (C=O) groups is 2. The van der Waals surface area contributed by atoms with Crippen molar-refractivity contribution in [2.45, 2.75) is 110 Å². The first kappa shape index (κ1) is 31.4. The minimum absolute atomic E-state index is 0.0543. The highest BCUT2D eigenvalue weighted by molar-refractivity contribution is 5.94. The first-order chi connectivity index (χ1) is 21.6. The summed E-state index contributed by atoms with van der Waals surface area (Å²) in [5.74, 6) is 3.60. The molecule has 4 aliphatic carbocycles. The smallest absolute Gasteiger partial charge is 0.231 e. The number of Topliss-reactive ketones (excluding diaryl/α,β-unsaturated/α-hetero) is 1. The second-order valence-corrected chi connectivity index (χ2v) is 14.5. The highest BCUT2D eigenvalue weighted by atomic mass is 16.5. The molecule has 0 N–H and O–H groups in total. The van der Waals surface area contributed by atoms with Gasteiger partial charge in [0.15, 0.2) is 0 Å². The maximum atomic E-state index is 14.5. The molecule has 0 radical (unpaired) electrons. The topological polar surface area (TPSA) is 98.4 Å². The van der Waals surface area contributed by atoms with E-state index in [2.05, 4.69) is 35.3 Å². The van der Waals surface area contributed by atoms with E-state index < -0.39 is 0 Å². The number of amides is 1. The maximum Gasteiger partial charge on any atom is 0.231 e. The summed E-state index contributed by atoms with van der Waals surface area (Å²) < 4.78 is 11.0. The number of anilines is 1. The largest absolute Gasteiger partial charge is 0.496 e. The zero-order chi connectivity index (χ0) is 31.8. The lowest BCUT2D eigenvalue weighted by Gasteiger charge is -2.55. The summed E-state index contributed by atoms with van der Waals surface area (Å²) >= 11 is 0. The van der Waals surface area contributed by atoms with Gasteiger partial charge in [0, 0.05) is 36.6 Å². The van der Waals surface area contributed by atoms with Crippen molar-refractivity contribution in [2.24, 2.45) is 17.3 Å². The van der Waals surface area contributed by atoms with E-state index in [1.54, 1.807) is 20.2 Å². The molecular formula is C37H48N4O4. The molecule has 4 saturated carbocycles. The molecule has 0 spiro atoms. The van der Waals surface area contributed by atoms with Crippen molar-refractivity contribution in [1.29, 1.82) is 0 Å². The van der Waals surface area contributed by atoms with Crippen LogP contribution in [0.5, 0.6) is 5.75 Å². The Morgan fingerprint density at radius 1 is 1.02 bits per heavy atom. The Bertz CT molecular complexity index is 1510. The quantitative estimate of drug-likeness (QED) is 0.229. The molecule has 2 heterocycles. The van der Waals surface area contributed by atoms with Gasteiger partial charge in [-0.2, -0.15) is 4.98 Å². The summed E-state index contributed by atoms with van der Waals surface area (Å²) in [6.07, 6.45) is 12.5. The van der Waals surface area contributed by atoms with Crippen LogP contribution in [0.2, 0.25) is 0 Å². The fraction of sp³-hybridized carbons (Fsp3) is 0.595. The molecule has 1 aromatic carbocycles. The van der Waals surface area contributed by atoms with Crippen molar-refractivity contribution in [3.8, 4) is 17.1 Å². The molecule has 1 amide bonds. The van der Waals surface area contributed by atoms with Gasteiger partial charge < -0.3 is 14.1 Å². The van der Waals surface area contributed by atoms with Crippen molar-refractivity contribution in [1.82, 2.24) is 15.1 Å². The number of hydrogen-bond donors (Lipinski definition) is 0. The lowest BCUT2D eigenvalue weighted by atomic mass is 9.51. The molecule has 4 fully saturated rings. The van der Waals surface area contributed by atoms with E-state index in [1.807, 2.05) is 30.9 Å². The average Bonchev–Trinajstić information content (AvgIpc) is 3.56. The number of aryl methyl sites for hydroxylation is 1. The third-order valence-corrected chi connectivity index (χ3v) is 11.2. The van der Waals surface area contributed by atoms with E-state index in [9.17, 15) is 9.59 Å². The molecule has 0 atom stereocenters. The van der Waals surface area contributed by atoms with E-state index >= 15 is 0 Å². The number of pyridine rings is 1. The Labute approximate surface area is 267 Å².